The Morgan fingerprint density at radius 1 is 1.47 bits per heavy atom. The van der Waals surface area contributed by atoms with Crippen molar-refractivity contribution in [2.24, 2.45) is 0 Å². The largest absolute Gasteiger partial charge is 0.363 e. The van der Waals surface area contributed by atoms with Gasteiger partial charge in [-0.05, 0) is 6.42 Å². The van der Waals surface area contributed by atoms with Gasteiger partial charge in [-0.1, -0.05) is 6.92 Å². The summed E-state index contributed by atoms with van der Waals surface area (Å²) in [5.41, 5.74) is 1.41. The van der Waals surface area contributed by atoms with Crippen molar-refractivity contribution in [3.63, 3.8) is 0 Å². The number of aromatic amines is 1. The number of hydrogen-bond donors (Lipinski definition) is 2. The Kier molecular flexibility index (Phi) is 3.02. The SMILES string of the molecule is CCCN1CC(Nc2ncnc3nc[nH]c23)CC1=O. The molecular weight excluding hydrogens is 244 g/mol. The normalized spacial score (nSPS) is 19.3. The predicted molar refractivity (Wildman–Crippen MR) is 70.6 cm³/mol. The zero-order valence-electron chi connectivity index (χ0n) is 10.8. The van der Waals surface area contributed by atoms with Gasteiger partial charge < -0.3 is 15.2 Å². The molecule has 1 aliphatic rings. The highest BCUT2D eigenvalue weighted by molar-refractivity contribution is 5.84. The lowest BCUT2D eigenvalue weighted by molar-refractivity contribution is -0.127. The molecule has 0 spiro atoms. The minimum atomic E-state index is 0.0976. The van der Waals surface area contributed by atoms with Crippen LogP contribution in [-0.4, -0.2) is 49.9 Å². The van der Waals surface area contributed by atoms with Gasteiger partial charge in [0.1, 0.15) is 11.8 Å². The van der Waals surface area contributed by atoms with Crippen molar-refractivity contribution >= 4 is 22.9 Å². The van der Waals surface area contributed by atoms with Crippen molar-refractivity contribution in [3.8, 4) is 0 Å². The van der Waals surface area contributed by atoms with Crippen molar-refractivity contribution in [1.29, 1.82) is 0 Å². The van der Waals surface area contributed by atoms with Gasteiger partial charge in [0.25, 0.3) is 0 Å². The molecular formula is C12H16N6O. The van der Waals surface area contributed by atoms with Gasteiger partial charge in [0.2, 0.25) is 5.91 Å². The lowest BCUT2D eigenvalue weighted by Gasteiger charge is -2.16. The van der Waals surface area contributed by atoms with E-state index in [2.05, 4.69) is 32.2 Å². The molecule has 1 atom stereocenters. The summed E-state index contributed by atoms with van der Waals surface area (Å²) < 4.78 is 0. The van der Waals surface area contributed by atoms with Crippen molar-refractivity contribution in [2.75, 3.05) is 18.4 Å². The maximum atomic E-state index is 11.8. The van der Waals surface area contributed by atoms with E-state index in [1.54, 1.807) is 6.33 Å². The highest BCUT2D eigenvalue weighted by atomic mass is 16.2. The molecule has 2 aromatic heterocycles. The van der Waals surface area contributed by atoms with Crippen LogP contribution in [0.2, 0.25) is 0 Å². The summed E-state index contributed by atoms with van der Waals surface area (Å²) in [4.78, 5) is 29.1. The van der Waals surface area contributed by atoms with Crippen LogP contribution < -0.4 is 5.32 Å². The van der Waals surface area contributed by atoms with E-state index in [4.69, 9.17) is 0 Å². The van der Waals surface area contributed by atoms with Crippen molar-refractivity contribution in [3.05, 3.63) is 12.7 Å². The quantitative estimate of drug-likeness (QED) is 0.848. The smallest absolute Gasteiger partial charge is 0.224 e. The molecule has 2 aromatic rings. The van der Waals surface area contributed by atoms with Crippen molar-refractivity contribution < 1.29 is 4.79 Å². The third-order valence-electron chi connectivity index (χ3n) is 3.27. The number of carbonyl (C=O) groups is 1. The number of fused-ring (bicyclic) bond motifs is 1. The molecule has 1 aliphatic heterocycles. The molecule has 2 N–H and O–H groups in total. The van der Waals surface area contributed by atoms with Gasteiger partial charge in [0.15, 0.2) is 11.5 Å². The first-order valence-electron chi connectivity index (χ1n) is 6.46. The van der Waals surface area contributed by atoms with Gasteiger partial charge in [-0.25, -0.2) is 15.0 Å². The predicted octanol–water partition coefficient (Wildman–Crippen LogP) is 0.776. The molecule has 7 heteroatoms. The highest BCUT2D eigenvalue weighted by Crippen LogP contribution is 2.19. The standard InChI is InChI=1S/C12H16N6O/c1-2-3-18-5-8(4-9(18)19)17-12-10-11(14-6-13-10)15-7-16-12/h6-8H,2-5H2,1H3,(H2,13,14,15,16,17). The van der Waals surface area contributed by atoms with Crippen LogP contribution in [0.1, 0.15) is 19.8 Å². The van der Waals surface area contributed by atoms with Gasteiger partial charge in [0.05, 0.1) is 12.4 Å². The van der Waals surface area contributed by atoms with Gasteiger partial charge in [-0.15, -0.1) is 0 Å². The Balaban J connectivity index is 1.76. The molecule has 19 heavy (non-hydrogen) atoms. The number of hydrogen-bond acceptors (Lipinski definition) is 5. The highest BCUT2D eigenvalue weighted by Gasteiger charge is 2.29. The minimum Gasteiger partial charge on any atom is -0.363 e. The molecule has 0 aromatic carbocycles. The zero-order valence-corrected chi connectivity index (χ0v) is 10.8. The molecule has 1 amide bonds. The van der Waals surface area contributed by atoms with E-state index in [1.165, 1.54) is 6.33 Å². The number of imidazole rings is 1. The fourth-order valence-electron chi connectivity index (χ4n) is 2.42. The van der Waals surface area contributed by atoms with E-state index < -0.39 is 0 Å². The number of likely N-dealkylation sites (tertiary alicyclic amines) is 1. The van der Waals surface area contributed by atoms with Crippen LogP contribution in [0.25, 0.3) is 11.2 Å². The van der Waals surface area contributed by atoms with E-state index in [1.807, 2.05) is 4.90 Å². The molecule has 1 fully saturated rings. The maximum Gasteiger partial charge on any atom is 0.224 e. The Bertz CT molecular complexity index is 595. The summed E-state index contributed by atoms with van der Waals surface area (Å²) in [5, 5.41) is 3.30. The number of nitrogens with one attached hydrogen (secondary N) is 2. The average Bonchev–Trinajstić information content (AvgIpc) is 2.98. The van der Waals surface area contributed by atoms with E-state index in [0.717, 1.165) is 25.0 Å². The van der Waals surface area contributed by atoms with Crippen LogP contribution in [0.5, 0.6) is 0 Å². The average molecular weight is 260 g/mol. The monoisotopic (exact) mass is 260 g/mol. The van der Waals surface area contributed by atoms with Gasteiger partial charge >= 0.3 is 0 Å². The van der Waals surface area contributed by atoms with Gasteiger partial charge in [-0.3, -0.25) is 4.79 Å². The van der Waals surface area contributed by atoms with Crippen LogP contribution >= 0.6 is 0 Å². The third kappa shape index (κ3) is 2.23. The first-order valence-corrected chi connectivity index (χ1v) is 6.46. The lowest BCUT2D eigenvalue weighted by Crippen LogP contribution is -2.28. The fourth-order valence-corrected chi connectivity index (χ4v) is 2.42. The van der Waals surface area contributed by atoms with Crippen molar-refractivity contribution in [2.45, 2.75) is 25.8 Å². The van der Waals surface area contributed by atoms with E-state index >= 15 is 0 Å². The molecule has 3 rings (SSSR count). The summed E-state index contributed by atoms with van der Waals surface area (Å²) in [5.74, 6) is 0.910. The summed E-state index contributed by atoms with van der Waals surface area (Å²) in [6.45, 7) is 3.62. The second kappa shape index (κ2) is 4.83. The summed E-state index contributed by atoms with van der Waals surface area (Å²) in [6, 6.07) is 0.0976. The fraction of sp³-hybridized carbons (Fsp3) is 0.500. The molecule has 3 heterocycles. The van der Waals surface area contributed by atoms with Crippen molar-refractivity contribution in [1.82, 2.24) is 24.8 Å². The molecule has 1 saturated heterocycles. The number of H-pyrrole nitrogens is 1. The number of nitrogens with zero attached hydrogens (tertiary/aromatic N) is 4. The third-order valence-corrected chi connectivity index (χ3v) is 3.27. The van der Waals surface area contributed by atoms with Gasteiger partial charge in [0, 0.05) is 19.5 Å². The first-order chi connectivity index (χ1) is 9.28. The van der Waals surface area contributed by atoms with Crippen LogP contribution in [0, 0.1) is 0 Å². The van der Waals surface area contributed by atoms with Crippen LogP contribution in [0.4, 0.5) is 5.82 Å². The summed E-state index contributed by atoms with van der Waals surface area (Å²) in [7, 11) is 0. The number of carbonyl (C=O) groups excluding carboxylic acids is 1. The second-order valence-corrected chi connectivity index (χ2v) is 4.71. The Morgan fingerprint density at radius 3 is 3.21 bits per heavy atom. The summed E-state index contributed by atoms with van der Waals surface area (Å²) in [6.07, 6.45) is 4.57. The number of amides is 1. The molecule has 0 bridgehead atoms. The van der Waals surface area contributed by atoms with Crippen LogP contribution in [0.15, 0.2) is 12.7 Å². The van der Waals surface area contributed by atoms with Gasteiger partial charge in [-0.2, -0.15) is 0 Å². The zero-order chi connectivity index (χ0) is 13.2. The minimum absolute atomic E-state index is 0.0976. The number of rotatable bonds is 4. The Morgan fingerprint density at radius 2 is 2.37 bits per heavy atom. The summed E-state index contributed by atoms with van der Waals surface area (Å²) >= 11 is 0. The Hall–Kier alpha value is -2.18. The molecule has 0 saturated carbocycles. The van der Waals surface area contributed by atoms with E-state index in [9.17, 15) is 4.79 Å². The molecule has 0 aliphatic carbocycles. The van der Waals surface area contributed by atoms with E-state index in [-0.39, 0.29) is 11.9 Å². The molecule has 0 radical (unpaired) electrons. The molecule has 7 nitrogen and oxygen atoms in total. The number of aromatic nitrogens is 4. The van der Waals surface area contributed by atoms with Crippen LogP contribution in [0.3, 0.4) is 0 Å². The second-order valence-electron chi connectivity index (χ2n) is 4.71. The number of anilines is 1. The van der Waals surface area contributed by atoms with E-state index in [0.29, 0.717) is 17.9 Å². The Labute approximate surface area is 110 Å². The molecule has 1 unspecified atom stereocenters. The topological polar surface area (TPSA) is 86.8 Å². The van der Waals surface area contributed by atoms with Crippen LogP contribution in [-0.2, 0) is 4.79 Å². The maximum absolute atomic E-state index is 11.8. The molecule has 100 valence electrons. The lowest BCUT2D eigenvalue weighted by atomic mass is 10.2. The first kappa shape index (κ1) is 11.9.